The van der Waals surface area contributed by atoms with Gasteiger partial charge in [0.1, 0.15) is 0 Å². The molecule has 0 N–H and O–H groups in total. The normalized spacial score (nSPS) is 25.7. The Balaban J connectivity index is 1.44. The highest BCUT2D eigenvalue weighted by molar-refractivity contribution is 5.94. The first kappa shape index (κ1) is 14.3. The van der Waals surface area contributed by atoms with Crippen molar-refractivity contribution in [2.75, 3.05) is 6.54 Å². The van der Waals surface area contributed by atoms with E-state index in [9.17, 15) is 4.79 Å². The van der Waals surface area contributed by atoms with Crippen LogP contribution >= 0.6 is 0 Å². The van der Waals surface area contributed by atoms with Crippen molar-refractivity contribution >= 4 is 5.91 Å². The number of carbonyl (C=O) groups is 1. The predicted molar refractivity (Wildman–Crippen MR) is 84.6 cm³/mol. The van der Waals surface area contributed by atoms with Gasteiger partial charge in [-0.25, -0.2) is 0 Å². The van der Waals surface area contributed by atoms with Gasteiger partial charge in [-0.2, -0.15) is 0 Å². The van der Waals surface area contributed by atoms with Crippen LogP contribution in [0.1, 0.15) is 28.9 Å². The molecule has 1 aliphatic heterocycles. The van der Waals surface area contributed by atoms with Crippen LogP contribution in [-0.2, 0) is 11.3 Å². The number of carbonyl (C=O) groups excluding carboxylic acids is 1. The molecule has 118 valence electrons. The lowest BCUT2D eigenvalue weighted by Gasteiger charge is -2.27. The Morgan fingerprint density at radius 2 is 2.04 bits per heavy atom. The Morgan fingerprint density at radius 1 is 1.17 bits per heavy atom. The molecule has 1 aliphatic carbocycles. The third-order valence-corrected chi connectivity index (χ3v) is 4.85. The molecule has 1 amide bonds. The van der Waals surface area contributed by atoms with Crippen molar-refractivity contribution in [2.45, 2.75) is 31.6 Å². The first-order chi connectivity index (χ1) is 11.3. The highest BCUT2D eigenvalue weighted by atomic mass is 16.5. The molecule has 23 heavy (non-hydrogen) atoms. The molecular formula is C18H19N3O2. The number of likely N-dealkylation sites (tertiary alicyclic amines) is 1. The minimum atomic E-state index is 0.0889. The van der Waals surface area contributed by atoms with E-state index < -0.39 is 0 Å². The fourth-order valence-electron chi connectivity index (χ4n) is 3.75. The summed E-state index contributed by atoms with van der Waals surface area (Å²) in [5.74, 6) is 0.528. The van der Waals surface area contributed by atoms with Crippen LogP contribution in [0.2, 0.25) is 0 Å². The minimum absolute atomic E-state index is 0.0889. The third kappa shape index (κ3) is 2.72. The summed E-state index contributed by atoms with van der Waals surface area (Å²) in [4.78, 5) is 22.9. The number of fused-ring (bicyclic) bond motifs is 2. The van der Waals surface area contributed by atoms with Crippen LogP contribution in [0.4, 0.5) is 0 Å². The van der Waals surface area contributed by atoms with Gasteiger partial charge in [0.15, 0.2) is 0 Å². The minimum Gasteiger partial charge on any atom is -0.369 e. The van der Waals surface area contributed by atoms with Crippen molar-refractivity contribution in [3.63, 3.8) is 0 Å². The van der Waals surface area contributed by atoms with E-state index in [1.54, 1.807) is 30.7 Å². The molecule has 4 rings (SSSR count). The van der Waals surface area contributed by atoms with Crippen molar-refractivity contribution in [1.82, 2.24) is 14.9 Å². The molecule has 2 bridgehead atoms. The van der Waals surface area contributed by atoms with Gasteiger partial charge in [-0.15, -0.1) is 0 Å². The maximum atomic E-state index is 12.7. The Morgan fingerprint density at radius 3 is 2.83 bits per heavy atom. The first-order valence-electron chi connectivity index (χ1n) is 8.05. The second kappa shape index (κ2) is 6.08. The van der Waals surface area contributed by atoms with Crippen molar-refractivity contribution in [3.05, 3.63) is 60.2 Å². The summed E-state index contributed by atoms with van der Waals surface area (Å²) in [6.45, 7) is 1.30. The molecule has 2 aromatic heterocycles. The summed E-state index contributed by atoms with van der Waals surface area (Å²) in [6, 6.07) is 9.57. The molecule has 5 nitrogen and oxygen atoms in total. The fourth-order valence-corrected chi connectivity index (χ4v) is 3.75. The smallest absolute Gasteiger partial charge is 0.254 e. The summed E-state index contributed by atoms with van der Waals surface area (Å²) in [7, 11) is 0. The molecule has 5 heteroatoms. The van der Waals surface area contributed by atoms with Gasteiger partial charge in [0.2, 0.25) is 0 Å². The average molecular weight is 309 g/mol. The Bertz CT molecular complexity index is 677. The van der Waals surface area contributed by atoms with E-state index in [0.29, 0.717) is 18.1 Å². The standard InChI is InChI=1S/C18H19N3O2/c22-18(13-6-9-19-10-7-13)21-11-14-4-5-16(21)17(14)23-12-15-3-1-2-8-20-15/h1-3,6-10,14,16-17H,4-5,11-12H2. The highest BCUT2D eigenvalue weighted by Gasteiger charge is 2.49. The lowest BCUT2D eigenvalue weighted by molar-refractivity contribution is 0.0144. The van der Waals surface area contributed by atoms with Gasteiger partial charge in [0, 0.05) is 36.6 Å². The van der Waals surface area contributed by atoms with E-state index in [-0.39, 0.29) is 18.1 Å². The molecule has 2 fully saturated rings. The Labute approximate surface area is 135 Å². The van der Waals surface area contributed by atoms with E-state index in [1.165, 1.54) is 0 Å². The van der Waals surface area contributed by atoms with E-state index >= 15 is 0 Å². The van der Waals surface area contributed by atoms with Crippen LogP contribution in [0, 0.1) is 5.92 Å². The molecule has 2 aliphatic rings. The molecule has 3 unspecified atom stereocenters. The summed E-state index contributed by atoms with van der Waals surface area (Å²) in [6.07, 6.45) is 7.39. The molecule has 3 heterocycles. The van der Waals surface area contributed by atoms with Crippen molar-refractivity contribution < 1.29 is 9.53 Å². The largest absolute Gasteiger partial charge is 0.369 e. The summed E-state index contributed by atoms with van der Waals surface area (Å²) >= 11 is 0. The van der Waals surface area contributed by atoms with Crippen molar-refractivity contribution in [3.8, 4) is 0 Å². The van der Waals surface area contributed by atoms with Crippen LogP contribution in [0.25, 0.3) is 0 Å². The lowest BCUT2D eigenvalue weighted by Crippen LogP contribution is -2.39. The van der Waals surface area contributed by atoms with Crippen molar-refractivity contribution in [2.24, 2.45) is 5.92 Å². The summed E-state index contributed by atoms with van der Waals surface area (Å²) in [5.41, 5.74) is 1.64. The number of nitrogens with zero attached hydrogens (tertiary/aromatic N) is 3. The van der Waals surface area contributed by atoms with Crippen LogP contribution < -0.4 is 0 Å². The van der Waals surface area contributed by atoms with Crippen LogP contribution in [0.3, 0.4) is 0 Å². The Kier molecular flexibility index (Phi) is 3.79. The zero-order valence-corrected chi connectivity index (χ0v) is 12.8. The number of hydrogen-bond donors (Lipinski definition) is 0. The topological polar surface area (TPSA) is 55.3 Å². The Hall–Kier alpha value is -2.27. The van der Waals surface area contributed by atoms with E-state index in [4.69, 9.17) is 4.74 Å². The van der Waals surface area contributed by atoms with Gasteiger partial charge < -0.3 is 9.64 Å². The van der Waals surface area contributed by atoms with Crippen LogP contribution in [0.15, 0.2) is 48.9 Å². The average Bonchev–Trinajstić information content (AvgIpc) is 3.18. The zero-order chi connectivity index (χ0) is 15.6. The number of aromatic nitrogens is 2. The number of amides is 1. The second-order valence-corrected chi connectivity index (χ2v) is 6.19. The molecule has 2 aromatic rings. The van der Waals surface area contributed by atoms with Gasteiger partial charge in [-0.05, 0) is 37.1 Å². The SMILES string of the molecule is O=C(c1ccncc1)N1CC2CCC1C2OCc1ccccn1. The van der Waals surface area contributed by atoms with Gasteiger partial charge >= 0.3 is 0 Å². The fraction of sp³-hybridized carbons (Fsp3) is 0.389. The number of hydrogen-bond acceptors (Lipinski definition) is 4. The van der Waals surface area contributed by atoms with Crippen LogP contribution in [-0.4, -0.2) is 39.5 Å². The van der Waals surface area contributed by atoms with Gasteiger partial charge in [0.05, 0.1) is 24.4 Å². The number of piperidine rings is 1. The van der Waals surface area contributed by atoms with Gasteiger partial charge in [0.25, 0.3) is 5.91 Å². The molecule has 0 spiro atoms. The summed E-state index contributed by atoms with van der Waals surface area (Å²) in [5, 5.41) is 0. The maximum Gasteiger partial charge on any atom is 0.254 e. The molecule has 0 radical (unpaired) electrons. The number of rotatable bonds is 4. The molecule has 3 atom stereocenters. The molecule has 1 saturated carbocycles. The van der Waals surface area contributed by atoms with Crippen molar-refractivity contribution in [1.29, 1.82) is 0 Å². The highest BCUT2D eigenvalue weighted by Crippen LogP contribution is 2.40. The van der Waals surface area contributed by atoms with E-state index in [1.807, 2.05) is 23.1 Å². The maximum absolute atomic E-state index is 12.7. The second-order valence-electron chi connectivity index (χ2n) is 6.19. The zero-order valence-electron chi connectivity index (χ0n) is 12.8. The molecule has 0 aromatic carbocycles. The number of pyridine rings is 2. The lowest BCUT2D eigenvalue weighted by atomic mass is 10.1. The molecule has 1 saturated heterocycles. The third-order valence-electron chi connectivity index (χ3n) is 4.85. The van der Waals surface area contributed by atoms with E-state index in [2.05, 4.69) is 9.97 Å². The van der Waals surface area contributed by atoms with Gasteiger partial charge in [-0.3, -0.25) is 14.8 Å². The van der Waals surface area contributed by atoms with Gasteiger partial charge in [-0.1, -0.05) is 6.07 Å². The summed E-state index contributed by atoms with van der Waals surface area (Å²) < 4.78 is 6.12. The quantitative estimate of drug-likeness (QED) is 0.869. The monoisotopic (exact) mass is 309 g/mol. The first-order valence-corrected chi connectivity index (χ1v) is 8.05. The van der Waals surface area contributed by atoms with E-state index in [0.717, 1.165) is 25.1 Å². The molecular weight excluding hydrogens is 290 g/mol. The van der Waals surface area contributed by atoms with Crippen LogP contribution in [0.5, 0.6) is 0 Å². The number of ether oxygens (including phenoxy) is 1. The predicted octanol–water partition coefficient (Wildman–Crippen LogP) is 2.30.